The summed E-state index contributed by atoms with van der Waals surface area (Å²) < 4.78 is 24.5. The summed E-state index contributed by atoms with van der Waals surface area (Å²) in [7, 11) is -3.40. The Morgan fingerprint density at radius 1 is 1.40 bits per heavy atom. The SMILES string of the molecule is NOCC1=Cc2c(Br)cccc2S1(=O)=O. The van der Waals surface area contributed by atoms with Crippen LogP contribution >= 0.6 is 15.9 Å². The fraction of sp³-hybridized carbons (Fsp3) is 0.111. The Labute approximate surface area is 95.7 Å². The first kappa shape index (κ1) is 10.8. The molecule has 1 aliphatic heterocycles. The van der Waals surface area contributed by atoms with Crippen LogP contribution in [0.25, 0.3) is 6.08 Å². The number of benzene rings is 1. The first-order valence-electron chi connectivity index (χ1n) is 4.13. The summed E-state index contributed by atoms with van der Waals surface area (Å²) in [6.45, 7) is -0.108. The zero-order valence-electron chi connectivity index (χ0n) is 7.60. The maximum atomic E-state index is 11.9. The van der Waals surface area contributed by atoms with Crippen LogP contribution in [0, 0.1) is 0 Å². The third-order valence-electron chi connectivity index (χ3n) is 2.18. The first-order chi connectivity index (χ1) is 7.07. The molecule has 1 aromatic carbocycles. The molecule has 0 unspecified atom stereocenters. The van der Waals surface area contributed by atoms with Crippen LogP contribution in [0.5, 0.6) is 0 Å². The molecule has 0 radical (unpaired) electrons. The second kappa shape index (κ2) is 3.71. The number of halogens is 1. The lowest BCUT2D eigenvalue weighted by Gasteiger charge is -2.02. The van der Waals surface area contributed by atoms with E-state index in [1.165, 1.54) is 0 Å². The summed E-state index contributed by atoms with van der Waals surface area (Å²) in [6, 6.07) is 5.03. The van der Waals surface area contributed by atoms with Crippen molar-refractivity contribution >= 4 is 31.8 Å². The zero-order valence-corrected chi connectivity index (χ0v) is 10.0. The molecule has 0 aromatic heterocycles. The molecule has 15 heavy (non-hydrogen) atoms. The van der Waals surface area contributed by atoms with Crippen LogP contribution in [0.1, 0.15) is 5.56 Å². The molecular formula is C9H8BrNO3S. The Kier molecular flexibility index (Phi) is 2.68. The minimum Gasteiger partial charge on any atom is -0.299 e. The third kappa shape index (κ3) is 1.63. The van der Waals surface area contributed by atoms with E-state index in [4.69, 9.17) is 5.90 Å². The first-order valence-corrected chi connectivity index (χ1v) is 6.41. The van der Waals surface area contributed by atoms with Crippen molar-refractivity contribution in [3.63, 3.8) is 0 Å². The minimum atomic E-state index is -3.40. The largest absolute Gasteiger partial charge is 0.299 e. The van der Waals surface area contributed by atoms with Gasteiger partial charge in [-0.15, -0.1) is 0 Å². The number of rotatable bonds is 2. The van der Waals surface area contributed by atoms with Crippen LogP contribution in [0.4, 0.5) is 0 Å². The Morgan fingerprint density at radius 3 is 2.73 bits per heavy atom. The number of hydrogen-bond donors (Lipinski definition) is 1. The van der Waals surface area contributed by atoms with E-state index in [2.05, 4.69) is 20.8 Å². The molecule has 0 saturated carbocycles. The molecule has 1 heterocycles. The molecule has 2 N–H and O–H groups in total. The van der Waals surface area contributed by atoms with Crippen LogP contribution in [-0.4, -0.2) is 15.0 Å². The summed E-state index contributed by atoms with van der Waals surface area (Å²) >= 11 is 3.30. The number of hydrogen-bond acceptors (Lipinski definition) is 4. The van der Waals surface area contributed by atoms with Gasteiger partial charge in [0.05, 0.1) is 9.80 Å². The van der Waals surface area contributed by atoms with Crippen molar-refractivity contribution in [2.45, 2.75) is 4.90 Å². The molecule has 4 nitrogen and oxygen atoms in total. The molecule has 0 amide bonds. The lowest BCUT2D eigenvalue weighted by atomic mass is 10.2. The van der Waals surface area contributed by atoms with E-state index in [0.717, 1.165) is 4.47 Å². The number of fused-ring (bicyclic) bond motifs is 1. The van der Waals surface area contributed by atoms with Gasteiger partial charge in [-0.25, -0.2) is 14.3 Å². The molecular weight excluding hydrogens is 282 g/mol. The van der Waals surface area contributed by atoms with E-state index in [9.17, 15) is 8.42 Å². The van der Waals surface area contributed by atoms with E-state index in [1.54, 1.807) is 24.3 Å². The molecule has 0 saturated heterocycles. The average Bonchev–Trinajstić information content (AvgIpc) is 2.43. The van der Waals surface area contributed by atoms with Crippen molar-refractivity contribution in [3.05, 3.63) is 33.1 Å². The van der Waals surface area contributed by atoms with Crippen molar-refractivity contribution in [2.75, 3.05) is 6.61 Å². The monoisotopic (exact) mass is 289 g/mol. The van der Waals surface area contributed by atoms with Gasteiger partial charge in [0.15, 0.2) is 0 Å². The van der Waals surface area contributed by atoms with Crippen molar-refractivity contribution in [1.29, 1.82) is 0 Å². The van der Waals surface area contributed by atoms with Crippen LogP contribution in [0.2, 0.25) is 0 Å². The van der Waals surface area contributed by atoms with Crippen molar-refractivity contribution < 1.29 is 13.3 Å². The van der Waals surface area contributed by atoms with Gasteiger partial charge in [-0.2, -0.15) is 0 Å². The van der Waals surface area contributed by atoms with Crippen LogP contribution in [-0.2, 0) is 14.7 Å². The average molecular weight is 290 g/mol. The van der Waals surface area contributed by atoms with Crippen molar-refractivity contribution in [2.24, 2.45) is 5.90 Å². The van der Waals surface area contributed by atoms with Gasteiger partial charge in [-0.05, 0) is 18.2 Å². The summed E-state index contributed by atoms with van der Waals surface area (Å²) in [6.07, 6.45) is 1.57. The maximum absolute atomic E-state index is 11.9. The Morgan fingerprint density at radius 2 is 2.13 bits per heavy atom. The highest BCUT2D eigenvalue weighted by Gasteiger charge is 2.30. The molecule has 0 atom stereocenters. The molecule has 0 bridgehead atoms. The maximum Gasteiger partial charge on any atom is 0.205 e. The van der Waals surface area contributed by atoms with Gasteiger partial charge >= 0.3 is 0 Å². The Hall–Kier alpha value is -0.690. The van der Waals surface area contributed by atoms with Crippen LogP contribution in [0.15, 0.2) is 32.5 Å². The van der Waals surface area contributed by atoms with Gasteiger partial charge < -0.3 is 0 Å². The van der Waals surface area contributed by atoms with Crippen LogP contribution in [0.3, 0.4) is 0 Å². The minimum absolute atomic E-state index is 0.108. The normalized spacial score (nSPS) is 17.3. The lowest BCUT2D eigenvalue weighted by Crippen LogP contribution is -2.09. The zero-order chi connectivity index (χ0) is 11.1. The smallest absolute Gasteiger partial charge is 0.205 e. The highest BCUT2D eigenvalue weighted by Crippen LogP contribution is 2.36. The molecule has 2 rings (SSSR count). The number of sulfone groups is 1. The van der Waals surface area contributed by atoms with E-state index in [0.29, 0.717) is 10.5 Å². The Balaban J connectivity index is 2.64. The molecule has 80 valence electrons. The molecule has 1 aromatic rings. The molecule has 6 heteroatoms. The quantitative estimate of drug-likeness (QED) is 0.837. The third-order valence-corrected chi connectivity index (χ3v) is 4.73. The fourth-order valence-corrected chi connectivity index (χ4v) is 3.58. The predicted molar refractivity (Wildman–Crippen MR) is 59.4 cm³/mol. The molecule has 1 aliphatic rings. The topological polar surface area (TPSA) is 69.4 Å². The van der Waals surface area contributed by atoms with Crippen molar-refractivity contribution in [3.8, 4) is 0 Å². The fourth-order valence-electron chi connectivity index (χ4n) is 1.47. The van der Waals surface area contributed by atoms with Gasteiger partial charge in [0.1, 0.15) is 6.61 Å². The highest BCUT2D eigenvalue weighted by atomic mass is 79.9. The second-order valence-corrected chi connectivity index (χ2v) is 5.90. The van der Waals surface area contributed by atoms with Crippen molar-refractivity contribution in [1.82, 2.24) is 0 Å². The van der Waals surface area contributed by atoms with E-state index < -0.39 is 9.84 Å². The van der Waals surface area contributed by atoms with Gasteiger partial charge in [-0.3, -0.25) is 4.84 Å². The second-order valence-electron chi connectivity index (χ2n) is 3.08. The standard InChI is InChI=1S/C9H8BrNO3S/c10-8-2-1-3-9-7(8)4-6(5-14-11)15(9,12)13/h1-4H,5,11H2. The van der Waals surface area contributed by atoms with Gasteiger partial charge in [0.2, 0.25) is 9.84 Å². The molecule has 0 fully saturated rings. The summed E-state index contributed by atoms with van der Waals surface area (Å²) in [4.78, 5) is 4.85. The predicted octanol–water partition coefficient (Wildman–Crippen LogP) is 1.47. The summed E-state index contributed by atoms with van der Waals surface area (Å²) in [5.74, 6) is 4.89. The van der Waals surface area contributed by atoms with E-state index in [-0.39, 0.29) is 11.5 Å². The number of nitrogens with two attached hydrogens (primary N) is 1. The summed E-state index contributed by atoms with van der Waals surface area (Å²) in [5.41, 5.74) is 0.657. The lowest BCUT2D eigenvalue weighted by molar-refractivity contribution is 0.166. The van der Waals surface area contributed by atoms with E-state index in [1.807, 2.05) is 0 Å². The molecule has 0 spiro atoms. The van der Waals surface area contributed by atoms with Gasteiger partial charge in [-0.1, -0.05) is 22.0 Å². The van der Waals surface area contributed by atoms with Crippen LogP contribution < -0.4 is 5.90 Å². The highest BCUT2D eigenvalue weighted by molar-refractivity contribution is 9.10. The van der Waals surface area contributed by atoms with E-state index >= 15 is 0 Å². The van der Waals surface area contributed by atoms with Gasteiger partial charge in [0, 0.05) is 10.0 Å². The Bertz CT molecular complexity index is 536. The summed E-state index contributed by atoms with van der Waals surface area (Å²) in [5, 5.41) is 0. The molecule has 0 aliphatic carbocycles. The van der Waals surface area contributed by atoms with Gasteiger partial charge in [0.25, 0.3) is 0 Å².